The van der Waals surface area contributed by atoms with Crippen LogP contribution >= 0.6 is 0 Å². The van der Waals surface area contributed by atoms with Gasteiger partial charge in [0.15, 0.2) is 0 Å². The van der Waals surface area contributed by atoms with E-state index in [4.69, 9.17) is 0 Å². The molecule has 0 aromatic heterocycles. The molecule has 0 radical (unpaired) electrons. The molecule has 0 bridgehead atoms. The first kappa shape index (κ1) is 10.0. The van der Waals surface area contributed by atoms with Crippen molar-refractivity contribution in [1.82, 2.24) is 0 Å². The zero-order valence-electron chi connectivity index (χ0n) is 8.59. The summed E-state index contributed by atoms with van der Waals surface area (Å²) < 4.78 is 0. The molecular weight excluding hydrogens is 156 g/mol. The van der Waals surface area contributed by atoms with E-state index < -0.39 is 0 Å². The van der Waals surface area contributed by atoms with Gasteiger partial charge in [0.2, 0.25) is 0 Å². The van der Waals surface area contributed by atoms with Crippen molar-refractivity contribution < 1.29 is 0 Å². The van der Waals surface area contributed by atoms with E-state index in [1.165, 1.54) is 11.1 Å². The van der Waals surface area contributed by atoms with Crippen LogP contribution in [0.15, 0.2) is 42.5 Å². The highest BCUT2D eigenvalue weighted by Gasteiger charge is 2.02. The van der Waals surface area contributed by atoms with E-state index >= 15 is 0 Å². The smallest absolute Gasteiger partial charge is 0.0250 e. The van der Waals surface area contributed by atoms with Gasteiger partial charge in [0.25, 0.3) is 0 Å². The third-order valence-electron chi connectivity index (χ3n) is 2.12. The SMILES string of the molecule is C=C(C)C[C@H](C)Cc1ccccc1. The van der Waals surface area contributed by atoms with Crippen LogP contribution in [0.5, 0.6) is 0 Å². The number of hydrogen-bond acceptors (Lipinski definition) is 0. The molecule has 70 valence electrons. The molecule has 0 nitrogen and oxygen atoms in total. The molecule has 1 aromatic rings. The van der Waals surface area contributed by atoms with Gasteiger partial charge in [-0.1, -0.05) is 42.8 Å². The maximum atomic E-state index is 3.94. The topological polar surface area (TPSA) is 0 Å². The van der Waals surface area contributed by atoms with Gasteiger partial charge >= 0.3 is 0 Å². The molecule has 0 heteroatoms. The molecule has 1 aromatic carbocycles. The minimum atomic E-state index is 0.708. The highest BCUT2D eigenvalue weighted by atomic mass is 14.1. The highest BCUT2D eigenvalue weighted by Crippen LogP contribution is 2.14. The number of benzene rings is 1. The molecule has 1 atom stereocenters. The molecule has 0 heterocycles. The molecule has 0 aliphatic rings. The van der Waals surface area contributed by atoms with Crippen LogP contribution in [-0.4, -0.2) is 0 Å². The monoisotopic (exact) mass is 174 g/mol. The lowest BCUT2D eigenvalue weighted by Gasteiger charge is -2.10. The average molecular weight is 174 g/mol. The quantitative estimate of drug-likeness (QED) is 0.608. The van der Waals surface area contributed by atoms with Gasteiger partial charge in [-0.25, -0.2) is 0 Å². The fourth-order valence-corrected chi connectivity index (χ4v) is 1.68. The van der Waals surface area contributed by atoms with Crippen molar-refractivity contribution in [2.75, 3.05) is 0 Å². The van der Waals surface area contributed by atoms with Crippen LogP contribution in [0.1, 0.15) is 25.8 Å². The Bertz CT molecular complexity index is 259. The zero-order chi connectivity index (χ0) is 9.68. The molecule has 0 fully saturated rings. The van der Waals surface area contributed by atoms with Crippen LogP contribution < -0.4 is 0 Å². The Morgan fingerprint density at radius 1 is 1.31 bits per heavy atom. The van der Waals surface area contributed by atoms with Crippen LogP contribution in [0.4, 0.5) is 0 Å². The van der Waals surface area contributed by atoms with Gasteiger partial charge in [-0.05, 0) is 31.2 Å². The number of hydrogen-bond donors (Lipinski definition) is 0. The van der Waals surface area contributed by atoms with Crippen molar-refractivity contribution in [3.8, 4) is 0 Å². The van der Waals surface area contributed by atoms with Crippen LogP contribution in [-0.2, 0) is 6.42 Å². The van der Waals surface area contributed by atoms with Crippen molar-refractivity contribution in [3.63, 3.8) is 0 Å². The van der Waals surface area contributed by atoms with E-state index in [9.17, 15) is 0 Å². The van der Waals surface area contributed by atoms with Crippen LogP contribution in [0.3, 0.4) is 0 Å². The Hall–Kier alpha value is -1.04. The van der Waals surface area contributed by atoms with Gasteiger partial charge in [0.1, 0.15) is 0 Å². The molecule has 0 N–H and O–H groups in total. The van der Waals surface area contributed by atoms with Gasteiger partial charge in [-0.3, -0.25) is 0 Å². The molecule has 13 heavy (non-hydrogen) atoms. The standard InChI is InChI=1S/C13H18/c1-11(2)9-12(3)10-13-7-5-4-6-8-13/h4-8,12H,1,9-10H2,2-3H3/t12-/m0/s1. The van der Waals surface area contributed by atoms with E-state index in [2.05, 4.69) is 50.8 Å². The van der Waals surface area contributed by atoms with Crippen molar-refractivity contribution in [2.45, 2.75) is 26.7 Å². The minimum Gasteiger partial charge on any atom is -0.100 e. The van der Waals surface area contributed by atoms with Crippen molar-refractivity contribution in [1.29, 1.82) is 0 Å². The first-order valence-electron chi connectivity index (χ1n) is 4.87. The normalized spacial score (nSPS) is 12.5. The van der Waals surface area contributed by atoms with Crippen molar-refractivity contribution in [2.24, 2.45) is 5.92 Å². The summed E-state index contributed by atoms with van der Waals surface area (Å²) >= 11 is 0. The molecular formula is C13H18. The van der Waals surface area contributed by atoms with Crippen molar-refractivity contribution in [3.05, 3.63) is 48.0 Å². The summed E-state index contributed by atoms with van der Waals surface area (Å²) in [5, 5.41) is 0. The summed E-state index contributed by atoms with van der Waals surface area (Å²) in [6.07, 6.45) is 2.29. The highest BCUT2D eigenvalue weighted by molar-refractivity contribution is 5.15. The van der Waals surface area contributed by atoms with E-state index in [0.717, 1.165) is 12.8 Å². The Morgan fingerprint density at radius 2 is 1.92 bits per heavy atom. The molecule has 1 rings (SSSR count). The van der Waals surface area contributed by atoms with Gasteiger partial charge in [0.05, 0.1) is 0 Å². The second kappa shape index (κ2) is 4.86. The fraction of sp³-hybridized carbons (Fsp3) is 0.385. The molecule has 0 amide bonds. The van der Waals surface area contributed by atoms with Crippen molar-refractivity contribution >= 4 is 0 Å². The third kappa shape index (κ3) is 3.93. The average Bonchev–Trinajstić information content (AvgIpc) is 2.04. The Morgan fingerprint density at radius 3 is 2.46 bits per heavy atom. The summed E-state index contributed by atoms with van der Waals surface area (Å²) in [6, 6.07) is 10.6. The molecule has 0 spiro atoms. The largest absolute Gasteiger partial charge is 0.100 e. The number of allylic oxidation sites excluding steroid dienone is 1. The second-order valence-corrected chi connectivity index (χ2v) is 3.96. The molecule has 0 unspecified atom stereocenters. The predicted octanol–water partition coefficient (Wildman–Crippen LogP) is 3.83. The summed E-state index contributed by atoms with van der Waals surface area (Å²) in [4.78, 5) is 0. The lowest BCUT2D eigenvalue weighted by molar-refractivity contribution is 0.575. The third-order valence-corrected chi connectivity index (χ3v) is 2.12. The van der Waals surface area contributed by atoms with Crippen LogP contribution in [0, 0.1) is 5.92 Å². The lowest BCUT2D eigenvalue weighted by Crippen LogP contribution is -1.99. The van der Waals surface area contributed by atoms with Gasteiger partial charge in [0, 0.05) is 0 Å². The van der Waals surface area contributed by atoms with Gasteiger partial charge in [-0.15, -0.1) is 6.58 Å². The second-order valence-electron chi connectivity index (χ2n) is 3.96. The fourth-order valence-electron chi connectivity index (χ4n) is 1.68. The summed E-state index contributed by atoms with van der Waals surface area (Å²) in [6.45, 7) is 8.31. The Kier molecular flexibility index (Phi) is 3.75. The van der Waals surface area contributed by atoms with Gasteiger partial charge in [-0.2, -0.15) is 0 Å². The number of rotatable bonds is 4. The van der Waals surface area contributed by atoms with Crippen LogP contribution in [0.25, 0.3) is 0 Å². The maximum absolute atomic E-state index is 3.94. The van der Waals surface area contributed by atoms with E-state index in [1.807, 2.05) is 0 Å². The van der Waals surface area contributed by atoms with Gasteiger partial charge < -0.3 is 0 Å². The minimum absolute atomic E-state index is 0.708. The molecule has 0 saturated heterocycles. The molecule has 0 aliphatic heterocycles. The summed E-state index contributed by atoms with van der Waals surface area (Å²) in [7, 11) is 0. The Labute approximate surface area is 81.3 Å². The predicted molar refractivity (Wildman–Crippen MR) is 58.7 cm³/mol. The first-order chi connectivity index (χ1) is 6.18. The summed E-state index contributed by atoms with van der Waals surface area (Å²) in [5.41, 5.74) is 2.71. The van der Waals surface area contributed by atoms with E-state index in [0.29, 0.717) is 5.92 Å². The van der Waals surface area contributed by atoms with Crippen LogP contribution in [0.2, 0.25) is 0 Å². The van der Waals surface area contributed by atoms with E-state index in [-0.39, 0.29) is 0 Å². The lowest BCUT2D eigenvalue weighted by atomic mass is 9.95. The Balaban J connectivity index is 2.45. The maximum Gasteiger partial charge on any atom is -0.0250 e. The summed E-state index contributed by atoms with van der Waals surface area (Å²) in [5.74, 6) is 0.708. The van der Waals surface area contributed by atoms with E-state index in [1.54, 1.807) is 0 Å². The molecule has 0 aliphatic carbocycles. The first-order valence-corrected chi connectivity index (χ1v) is 4.87. The zero-order valence-corrected chi connectivity index (χ0v) is 8.59. The molecule has 0 saturated carbocycles.